The molecule has 1 aromatic carbocycles. The Morgan fingerprint density at radius 1 is 1.33 bits per heavy atom. The third kappa shape index (κ3) is 4.26. The molecule has 2 aromatic rings. The van der Waals surface area contributed by atoms with Crippen molar-refractivity contribution >= 4 is 52.9 Å². The highest BCUT2D eigenvalue weighted by molar-refractivity contribution is 9.10. The van der Waals surface area contributed by atoms with Gasteiger partial charge in [-0.25, -0.2) is 12.8 Å². The van der Waals surface area contributed by atoms with Gasteiger partial charge in [0.25, 0.3) is 15.0 Å². The van der Waals surface area contributed by atoms with E-state index >= 15 is 0 Å². The van der Waals surface area contributed by atoms with Crippen LogP contribution in [0.4, 0.5) is 4.39 Å². The Bertz CT molecular complexity index is 792. The first-order valence-electron chi connectivity index (χ1n) is 5.54. The molecule has 1 N–H and O–H groups in total. The van der Waals surface area contributed by atoms with Crippen LogP contribution < -0.4 is 5.32 Å². The maximum Gasteiger partial charge on any atom is 0.270 e. The Kier molecular flexibility index (Phi) is 5.03. The van der Waals surface area contributed by atoms with E-state index in [1.54, 1.807) is 6.07 Å². The van der Waals surface area contributed by atoms with Crippen LogP contribution in [0.15, 0.2) is 39.0 Å². The molecule has 9 heteroatoms. The molecule has 1 aromatic heterocycles. The average molecular weight is 413 g/mol. The molecule has 0 saturated carbocycles. The average Bonchev–Trinajstić information content (AvgIpc) is 2.84. The highest BCUT2D eigenvalue weighted by atomic mass is 79.9. The fourth-order valence-electron chi connectivity index (χ4n) is 1.52. The molecule has 21 heavy (non-hydrogen) atoms. The zero-order valence-electron chi connectivity index (χ0n) is 10.3. The van der Waals surface area contributed by atoms with Crippen molar-refractivity contribution in [3.05, 3.63) is 51.1 Å². The van der Waals surface area contributed by atoms with Gasteiger partial charge in [-0.05, 0) is 30.3 Å². The van der Waals surface area contributed by atoms with E-state index in [2.05, 4.69) is 21.2 Å². The second-order valence-electron chi connectivity index (χ2n) is 3.97. The third-order valence-corrected chi connectivity index (χ3v) is 6.15. The number of nitrogens with one attached hydrogen (secondary N) is 1. The minimum atomic E-state index is -3.77. The molecule has 1 amide bonds. The summed E-state index contributed by atoms with van der Waals surface area (Å²) in [6, 6.07) is 7.00. The molecule has 0 bridgehead atoms. The van der Waals surface area contributed by atoms with E-state index in [0.717, 1.165) is 11.3 Å². The zero-order valence-corrected chi connectivity index (χ0v) is 14.2. The van der Waals surface area contributed by atoms with Gasteiger partial charge in [-0.2, -0.15) is 0 Å². The topological polar surface area (TPSA) is 63.2 Å². The van der Waals surface area contributed by atoms with Crippen LogP contribution >= 0.6 is 37.9 Å². The lowest BCUT2D eigenvalue weighted by Crippen LogP contribution is -2.23. The predicted molar refractivity (Wildman–Crippen MR) is 82.6 cm³/mol. The molecular formula is C12H8BrClFNO3S2. The van der Waals surface area contributed by atoms with Crippen molar-refractivity contribution in [3.63, 3.8) is 0 Å². The van der Waals surface area contributed by atoms with Crippen LogP contribution in [0.2, 0.25) is 0 Å². The van der Waals surface area contributed by atoms with E-state index in [9.17, 15) is 17.6 Å². The summed E-state index contributed by atoms with van der Waals surface area (Å²) in [7, 11) is 1.44. The standard InChI is InChI=1S/C12H8BrClFNO3S2/c13-7-1-3-9(10(15)5-7)12(17)16-6-8-2-4-11(20-8)21(14,18)19/h1-5H,6H2,(H,16,17). The van der Waals surface area contributed by atoms with Gasteiger partial charge in [0.15, 0.2) is 0 Å². The fraction of sp³-hybridized carbons (Fsp3) is 0.0833. The molecule has 0 aliphatic heterocycles. The maximum atomic E-state index is 13.6. The summed E-state index contributed by atoms with van der Waals surface area (Å²) in [5, 5.41) is 2.52. The number of carbonyl (C=O) groups is 1. The number of hydrogen-bond donors (Lipinski definition) is 1. The minimum absolute atomic E-state index is 0.00300. The summed E-state index contributed by atoms with van der Waals surface area (Å²) in [6.45, 7) is 0.0887. The predicted octanol–water partition coefficient (Wildman–Crippen LogP) is 3.51. The van der Waals surface area contributed by atoms with E-state index in [1.807, 2.05) is 0 Å². The number of carbonyl (C=O) groups excluding carboxylic acids is 1. The van der Waals surface area contributed by atoms with E-state index < -0.39 is 20.8 Å². The molecule has 0 fully saturated rings. The van der Waals surface area contributed by atoms with Crippen LogP contribution in [0.25, 0.3) is 0 Å². The highest BCUT2D eigenvalue weighted by Crippen LogP contribution is 2.24. The molecule has 0 radical (unpaired) electrons. The number of benzene rings is 1. The quantitative estimate of drug-likeness (QED) is 0.782. The summed E-state index contributed by atoms with van der Waals surface area (Å²) < 4.78 is 36.4. The smallest absolute Gasteiger partial charge is 0.270 e. The largest absolute Gasteiger partial charge is 0.347 e. The number of hydrogen-bond acceptors (Lipinski definition) is 4. The first-order chi connectivity index (χ1) is 9.77. The highest BCUT2D eigenvalue weighted by Gasteiger charge is 2.15. The summed E-state index contributed by atoms with van der Waals surface area (Å²) in [4.78, 5) is 12.4. The Hall–Kier alpha value is -0.960. The molecule has 0 unspecified atom stereocenters. The van der Waals surface area contributed by atoms with E-state index in [-0.39, 0.29) is 16.3 Å². The van der Waals surface area contributed by atoms with Gasteiger partial charge >= 0.3 is 0 Å². The molecule has 1 heterocycles. The van der Waals surface area contributed by atoms with Gasteiger partial charge in [-0.1, -0.05) is 15.9 Å². The lowest BCUT2D eigenvalue weighted by Gasteiger charge is -2.05. The molecule has 112 valence electrons. The van der Waals surface area contributed by atoms with Gasteiger partial charge < -0.3 is 5.32 Å². The van der Waals surface area contributed by atoms with Crippen LogP contribution in [-0.4, -0.2) is 14.3 Å². The Morgan fingerprint density at radius 2 is 2.05 bits per heavy atom. The lowest BCUT2D eigenvalue weighted by molar-refractivity contribution is 0.0947. The fourth-order valence-corrected chi connectivity index (χ4v) is 3.92. The number of thiophene rings is 1. The first-order valence-corrected chi connectivity index (χ1v) is 9.46. The Morgan fingerprint density at radius 3 is 2.62 bits per heavy atom. The van der Waals surface area contributed by atoms with Crippen molar-refractivity contribution in [2.45, 2.75) is 10.8 Å². The molecule has 0 aliphatic rings. The van der Waals surface area contributed by atoms with Crippen molar-refractivity contribution < 1.29 is 17.6 Å². The van der Waals surface area contributed by atoms with Crippen LogP contribution in [0, 0.1) is 5.82 Å². The van der Waals surface area contributed by atoms with E-state index in [0.29, 0.717) is 9.35 Å². The van der Waals surface area contributed by atoms with Crippen LogP contribution in [0.5, 0.6) is 0 Å². The first kappa shape index (κ1) is 16.4. The monoisotopic (exact) mass is 411 g/mol. The van der Waals surface area contributed by atoms with Crippen molar-refractivity contribution in [2.24, 2.45) is 0 Å². The Balaban J connectivity index is 2.06. The molecule has 0 atom stereocenters. The zero-order chi connectivity index (χ0) is 15.6. The molecule has 2 rings (SSSR count). The maximum absolute atomic E-state index is 13.6. The third-order valence-electron chi connectivity index (χ3n) is 2.48. The summed E-state index contributed by atoms with van der Waals surface area (Å²) in [5.74, 6) is -1.22. The van der Waals surface area contributed by atoms with Gasteiger partial charge in [-0.15, -0.1) is 11.3 Å². The van der Waals surface area contributed by atoms with Crippen LogP contribution in [-0.2, 0) is 15.6 Å². The lowest BCUT2D eigenvalue weighted by atomic mass is 10.2. The van der Waals surface area contributed by atoms with Gasteiger partial charge in [0.1, 0.15) is 10.0 Å². The minimum Gasteiger partial charge on any atom is -0.347 e. The molecule has 0 saturated heterocycles. The second-order valence-corrected chi connectivity index (χ2v) is 8.84. The van der Waals surface area contributed by atoms with Gasteiger partial charge in [0, 0.05) is 20.0 Å². The number of halogens is 3. The van der Waals surface area contributed by atoms with Gasteiger partial charge in [-0.3, -0.25) is 4.79 Å². The molecule has 0 spiro atoms. The molecule has 4 nitrogen and oxygen atoms in total. The molecular weight excluding hydrogens is 405 g/mol. The van der Waals surface area contributed by atoms with E-state index in [4.69, 9.17) is 10.7 Å². The second kappa shape index (κ2) is 6.43. The van der Waals surface area contributed by atoms with Gasteiger partial charge in [0.05, 0.1) is 12.1 Å². The van der Waals surface area contributed by atoms with Gasteiger partial charge in [0.2, 0.25) is 0 Å². The summed E-state index contributed by atoms with van der Waals surface area (Å²) in [5.41, 5.74) is -0.0834. The van der Waals surface area contributed by atoms with Crippen molar-refractivity contribution in [1.82, 2.24) is 5.32 Å². The summed E-state index contributed by atoms with van der Waals surface area (Å²) >= 11 is 4.05. The SMILES string of the molecule is O=C(NCc1ccc(S(=O)(=O)Cl)s1)c1ccc(Br)cc1F. The van der Waals surface area contributed by atoms with Crippen molar-refractivity contribution in [2.75, 3.05) is 0 Å². The van der Waals surface area contributed by atoms with Crippen molar-refractivity contribution in [3.8, 4) is 0 Å². The van der Waals surface area contributed by atoms with Crippen LogP contribution in [0.1, 0.15) is 15.2 Å². The van der Waals surface area contributed by atoms with Crippen molar-refractivity contribution in [1.29, 1.82) is 0 Å². The summed E-state index contributed by atoms with van der Waals surface area (Å²) in [6.07, 6.45) is 0. The number of amides is 1. The number of rotatable bonds is 4. The normalized spacial score (nSPS) is 11.4. The van der Waals surface area contributed by atoms with E-state index in [1.165, 1.54) is 24.3 Å². The van der Waals surface area contributed by atoms with Crippen LogP contribution in [0.3, 0.4) is 0 Å². The Labute approximate surface area is 137 Å². The molecule has 0 aliphatic carbocycles.